The highest BCUT2D eigenvalue weighted by atomic mass is 16.6. The van der Waals surface area contributed by atoms with Gasteiger partial charge in [0.1, 0.15) is 11.4 Å². The first-order chi connectivity index (χ1) is 11.9. The van der Waals surface area contributed by atoms with Crippen molar-refractivity contribution in [3.63, 3.8) is 0 Å². The summed E-state index contributed by atoms with van der Waals surface area (Å²) in [6.07, 6.45) is 1.51. The van der Waals surface area contributed by atoms with Crippen LogP contribution in [0, 0.1) is 17.0 Å². The second kappa shape index (κ2) is 6.19. The molecule has 0 unspecified atom stereocenters. The number of hydrogen-bond donors (Lipinski definition) is 1. The van der Waals surface area contributed by atoms with Gasteiger partial charge in [0.2, 0.25) is 0 Å². The summed E-state index contributed by atoms with van der Waals surface area (Å²) in [7, 11) is 0. The second-order valence-electron chi connectivity index (χ2n) is 5.28. The highest BCUT2D eigenvalue weighted by Crippen LogP contribution is 2.28. The predicted molar refractivity (Wildman–Crippen MR) is 90.2 cm³/mol. The van der Waals surface area contributed by atoms with Gasteiger partial charge >= 0.3 is 5.97 Å². The first-order valence-corrected chi connectivity index (χ1v) is 7.49. The number of benzene rings is 1. The number of aromatic nitrogens is 3. The van der Waals surface area contributed by atoms with Crippen molar-refractivity contribution < 1.29 is 14.5 Å². The number of anilines is 1. The zero-order chi connectivity index (χ0) is 18.1. The molecule has 0 amide bonds. The Balaban J connectivity index is 2.12. The molecule has 128 valence electrons. The van der Waals surface area contributed by atoms with Crippen LogP contribution in [-0.4, -0.2) is 32.1 Å². The van der Waals surface area contributed by atoms with Crippen molar-refractivity contribution in [2.24, 2.45) is 0 Å². The molecular weight excluding hydrogens is 326 g/mol. The average molecular weight is 341 g/mol. The lowest BCUT2D eigenvalue weighted by Gasteiger charge is -2.07. The molecule has 0 atom stereocenters. The van der Waals surface area contributed by atoms with Crippen LogP contribution in [0.1, 0.15) is 23.0 Å². The number of nitro benzene ring substituents is 1. The molecule has 0 aliphatic rings. The smallest absolute Gasteiger partial charge is 0.343 e. The number of ether oxygens (including phenoxy) is 1. The molecule has 9 nitrogen and oxygen atoms in total. The van der Waals surface area contributed by atoms with Crippen LogP contribution in [0.15, 0.2) is 30.5 Å². The number of non-ortho nitro benzene ring substituents is 1. The van der Waals surface area contributed by atoms with E-state index < -0.39 is 10.9 Å². The number of carbonyl (C=O) groups excluding carboxylic acids is 1. The third kappa shape index (κ3) is 2.75. The number of carbonyl (C=O) groups is 1. The molecule has 2 N–H and O–H groups in total. The van der Waals surface area contributed by atoms with Gasteiger partial charge in [0.05, 0.1) is 17.2 Å². The van der Waals surface area contributed by atoms with Gasteiger partial charge in [-0.25, -0.2) is 9.78 Å². The van der Waals surface area contributed by atoms with Gasteiger partial charge in [-0.3, -0.25) is 10.1 Å². The molecule has 2 aromatic heterocycles. The van der Waals surface area contributed by atoms with Crippen LogP contribution >= 0.6 is 0 Å². The lowest BCUT2D eigenvalue weighted by molar-refractivity contribution is -0.384. The summed E-state index contributed by atoms with van der Waals surface area (Å²) < 4.78 is 6.40. The fourth-order valence-corrected chi connectivity index (χ4v) is 2.54. The molecule has 0 spiro atoms. The maximum Gasteiger partial charge on any atom is 0.343 e. The Hall–Kier alpha value is -3.49. The molecule has 0 aliphatic carbocycles. The van der Waals surface area contributed by atoms with Crippen molar-refractivity contribution in [2.45, 2.75) is 13.8 Å². The lowest BCUT2D eigenvalue weighted by Crippen LogP contribution is -2.07. The van der Waals surface area contributed by atoms with Gasteiger partial charge in [0.25, 0.3) is 5.69 Å². The SMILES string of the molecule is CCOC(=O)c1c(C)nn2c(N)c(-c3ccc([N+](=O)[O-])cc3)cnc12. The molecule has 3 aromatic rings. The fraction of sp³-hybridized carbons (Fsp3) is 0.188. The van der Waals surface area contributed by atoms with Crippen molar-refractivity contribution >= 4 is 23.1 Å². The first-order valence-electron chi connectivity index (χ1n) is 7.49. The highest BCUT2D eigenvalue weighted by Gasteiger charge is 2.22. The first kappa shape index (κ1) is 16.4. The van der Waals surface area contributed by atoms with Crippen LogP contribution in [-0.2, 0) is 4.74 Å². The van der Waals surface area contributed by atoms with Gasteiger partial charge in [0.15, 0.2) is 5.65 Å². The molecule has 9 heteroatoms. The standard InChI is InChI=1S/C16H15N5O4/c1-3-25-16(22)13-9(2)19-20-14(17)12(8-18-15(13)20)10-4-6-11(7-5-10)21(23)24/h4-8H,3,17H2,1-2H3. The van der Waals surface area contributed by atoms with Gasteiger partial charge in [-0.1, -0.05) is 0 Å². The molecule has 2 heterocycles. The minimum Gasteiger partial charge on any atom is -0.462 e. The number of fused-ring (bicyclic) bond motifs is 1. The summed E-state index contributed by atoms with van der Waals surface area (Å²) in [4.78, 5) is 26.7. The summed E-state index contributed by atoms with van der Waals surface area (Å²) in [5, 5.41) is 15.0. The number of nitro groups is 1. The van der Waals surface area contributed by atoms with Crippen LogP contribution in [0.5, 0.6) is 0 Å². The molecule has 0 radical (unpaired) electrons. The zero-order valence-corrected chi connectivity index (χ0v) is 13.6. The van der Waals surface area contributed by atoms with E-state index in [0.717, 1.165) is 0 Å². The van der Waals surface area contributed by atoms with E-state index in [1.165, 1.54) is 22.8 Å². The van der Waals surface area contributed by atoms with Crippen LogP contribution in [0.3, 0.4) is 0 Å². The van der Waals surface area contributed by atoms with E-state index in [2.05, 4.69) is 10.1 Å². The van der Waals surface area contributed by atoms with Crippen molar-refractivity contribution in [3.05, 3.63) is 51.8 Å². The number of nitrogens with two attached hydrogens (primary N) is 1. The molecule has 3 rings (SSSR count). The van der Waals surface area contributed by atoms with Crippen LogP contribution in [0.2, 0.25) is 0 Å². The van der Waals surface area contributed by atoms with Gasteiger partial charge < -0.3 is 10.5 Å². The molecule has 0 bridgehead atoms. The number of aryl methyl sites for hydroxylation is 1. The maximum absolute atomic E-state index is 12.1. The number of nitrogens with zero attached hydrogens (tertiary/aromatic N) is 4. The minimum atomic E-state index is -0.509. The molecule has 0 fully saturated rings. The molecule has 25 heavy (non-hydrogen) atoms. The van der Waals surface area contributed by atoms with Gasteiger partial charge in [-0.2, -0.15) is 9.61 Å². The normalized spacial score (nSPS) is 10.8. The topological polar surface area (TPSA) is 126 Å². The van der Waals surface area contributed by atoms with Crippen LogP contribution in [0.25, 0.3) is 16.8 Å². The van der Waals surface area contributed by atoms with E-state index in [9.17, 15) is 14.9 Å². The Morgan fingerprint density at radius 1 is 1.36 bits per heavy atom. The van der Waals surface area contributed by atoms with Crippen molar-refractivity contribution in [2.75, 3.05) is 12.3 Å². The number of esters is 1. The Kier molecular flexibility index (Phi) is 4.05. The summed E-state index contributed by atoms with van der Waals surface area (Å²) >= 11 is 0. The Morgan fingerprint density at radius 2 is 2.04 bits per heavy atom. The summed E-state index contributed by atoms with van der Waals surface area (Å²) in [5.41, 5.74) is 8.40. The van der Waals surface area contributed by atoms with Crippen LogP contribution < -0.4 is 5.73 Å². The van der Waals surface area contributed by atoms with Crippen LogP contribution in [0.4, 0.5) is 11.5 Å². The Morgan fingerprint density at radius 3 is 2.64 bits per heavy atom. The number of hydrogen-bond acceptors (Lipinski definition) is 7. The van der Waals surface area contributed by atoms with Crippen molar-refractivity contribution in [1.82, 2.24) is 14.6 Å². The molecule has 0 aliphatic heterocycles. The van der Waals surface area contributed by atoms with Gasteiger partial charge in [0, 0.05) is 23.9 Å². The predicted octanol–water partition coefficient (Wildman–Crippen LogP) is 2.37. The summed E-state index contributed by atoms with van der Waals surface area (Å²) in [5.74, 6) is -0.234. The maximum atomic E-state index is 12.1. The fourth-order valence-electron chi connectivity index (χ4n) is 2.54. The van der Waals surface area contributed by atoms with Gasteiger partial charge in [-0.05, 0) is 31.5 Å². The van der Waals surface area contributed by atoms with Crippen molar-refractivity contribution in [3.8, 4) is 11.1 Å². The summed E-state index contributed by atoms with van der Waals surface area (Å²) in [6, 6.07) is 5.94. The summed E-state index contributed by atoms with van der Waals surface area (Å²) in [6.45, 7) is 3.63. The molecule has 1 aromatic carbocycles. The molecule has 0 saturated heterocycles. The van der Waals surface area contributed by atoms with Crippen molar-refractivity contribution in [1.29, 1.82) is 0 Å². The third-order valence-electron chi connectivity index (χ3n) is 3.72. The van der Waals surface area contributed by atoms with E-state index in [4.69, 9.17) is 10.5 Å². The number of nitrogen functional groups attached to an aromatic ring is 1. The van der Waals surface area contributed by atoms with E-state index in [1.807, 2.05) is 0 Å². The average Bonchev–Trinajstić information content (AvgIpc) is 2.92. The second-order valence-corrected chi connectivity index (χ2v) is 5.28. The largest absolute Gasteiger partial charge is 0.462 e. The van der Waals surface area contributed by atoms with E-state index in [-0.39, 0.29) is 23.7 Å². The van der Waals surface area contributed by atoms with E-state index in [0.29, 0.717) is 22.5 Å². The Bertz CT molecular complexity index is 978. The lowest BCUT2D eigenvalue weighted by atomic mass is 10.1. The van der Waals surface area contributed by atoms with E-state index >= 15 is 0 Å². The zero-order valence-electron chi connectivity index (χ0n) is 13.6. The quantitative estimate of drug-likeness (QED) is 0.438. The molecular formula is C16H15N5O4. The molecule has 0 saturated carbocycles. The highest BCUT2D eigenvalue weighted by molar-refractivity contribution is 5.97. The third-order valence-corrected chi connectivity index (χ3v) is 3.72. The number of rotatable bonds is 4. The van der Waals surface area contributed by atoms with E-state index in [1.54, 1.807) is 26.0 Å². The minimum absolute atomic E-state index is 0.0177. The Labute approximate surface area is 142 Å². The monoisotopic (exact) mass is 341 g/mol. The van der Waals surface area contributed by atoms with Gasteiger partial charge in [-0.15, -0.1) is 0 Å².